The van der Waals surface area contributed by atoms with E-state index in [1.165, 1.54) is 16.9 Å². The number of ether oxygens (including phenoxy) is 1. The van der Waals surface area contributed by atoms with Crippen molar-refractivity contribution in [1.82, 2.24) is 4.57 Å². The molecule has 0 amide bonds. The quantitative estimate of drug-likeness (QED) is 0.334. The Kier molecular flexibility index (Phi) is 7.08. The van der Waals surface area contributed by atoms with Crippen LogP contribution in [-0.4, -0.2) is 33.3 Å². The van der Waals surface area contributed by atoms with Crippen LogP contribution in [0.1, 0.15) is 16.7 Å². The lowest BCUT2D eigenvalue weighted by molar-refractivity contribution is -0.154. The first-order valence-electron chi connectivity index (χ1n) is 10.7. The third-order valence-electron chi connectivity index (χ3n) is 5.53. The van der Waals surface area contributed by atoms with E-state index < -0.39 is 17.9 Å². The van der Waals surface area contributed by atoms with Crippen LogP contribution in [0.25, 0.3) is 10.2 Å². The number of carboxylic acid groups (broad SMARTS) is 2. The summed E-state index contributed by atoms with van der Waals surface area (Å²) >= 11 is 1.22. The Morgan fingerprint density at radius 3 is 2.24 bits per heavy atom. The average molecular weight is 478 g/mol. The van der Waals surface area contributed by atoms with Crippen molar-refractivity contribution in [3.8, 4) is 5.75 Å². The van der Waals surface area contributed by atoms with E-state index in [1.807, 2.05) is 30.3 Å². The van der Waals surface area contributed by atoms with Crippen LogP contribution in [0, 0.1) is 5.92 Å². The van der Waals surface area contributed by atoms with Crippen LogP contribution in [0.3, 0.4) is 0 Å². The number of hydrogen-bond donors (Lipinski definition) is 2. The predicted molar refractivity (Wildman–Crippen MR) is 130 cm³/mol. The first kappa shape index (κ1) is 23.3. The maximum Gasteiger partial charge on any atom is 0.318 e. The van der Waals surface area contributed by atoms with Crippen molar-refractivity contribution in [3.63, 3.8) is 0 Å². The van der Waals surface area contributed by atoms with Gasteiger partial charge in [0.2, 0.25) is 0 Å². The number of benzene rings is 3. The SMILES string of the molecule is O=C(O)C(Cc1ccc(OCCn2c(=O)sc3cc(Cc4ccccc4)ccc32)cc1)C(=O)O. The summed E-state index contributed by atoms with van der Waals surface area (Å²) in [5.74, 6) is -3.66. The van der Waals surface area contributed by atoms with E-state index >= 15 is 0 Å². The molecule has 34 heavy (non-hydrogen) atoms. The summed E-state index contributed by atoms with van der Waals surface area (Å²) < 4.78 is 8.39. The average Bonchev–Trinajstić information content (AvgIpc) is 3.13. The molecule has 0 unspecified atom stereocenters. The van der Waals surface area contributed by atoms with E-state index in [9.17, 15) is 14.4 Å². The van der Waals surface area contributed by atoms with E-state index in [0.717, 1.165) is 22.2 Å². The Bertz CT molecular complexity index is 1340. The lowest BCUT2D eigenvalue weighted by atomic mass is 10.00. The first-order valence-corrected chi connectivity index (χ1v) is 11.6. The van der Waals surface area contributed by atoms with Crippen LogP contribution in [-0.2, 0) is 29.0 Å². The molecule has 0 radical (unpaired) electrons. The van der Waals surface area contributed by atoms with E-state index in [-0.39, 0.29) is 17.9 Å². The Morgan fingerprint density at radius 1 is 0.882 bits per heavy atom. The molecule has 4 aromatic rings. The summed E-state index contributed by atoms with van der Waals surface area (Å²) in [6.45, 7) is 0.669. The van der Waals surface area contributed by atoms with Crippen LogP contribution >= 0.6 is 11.3 Å². The Balaban J connectivity index is 1.38. The molecule has 0 aliphatic heterocycles. The number of fused-ring (bicyclic) bond motifs is 1. The van der Waals surface area contributed by atoms with Crippen molar-refractivity contribution >= 4 is 33.5 Å². The monoisotopic (exact) mass is 477 g/mol. The van der Waals surface area contributed by atoms with Crippen LogP contribution < -0.4 is 9.61 Å². The van der Waals surface area contributed by atoms with Crippen molar-refractivity contribution in [2.45, 2.75) is 19.4 Å². The zero-order valence-electron chi connectivity index (χ0n) is 18.2. The minimum absolute atomic E-state index is 0.0424. The molecule has 7 nitrogen and oxygen atoms in total. The van der Waals surface area contributed by atoms with Gasteiger partial charge in [0.25, 0.3) is 0 Å². The fourth-order valence-corrected chi connectivity index (χ4v) is 4.74. The van der Waals surface area contributed by atoms with Gasteiger partial charge in [0.1, 0.15) is 12.4 Å². The maximum atomic E-state index is 12.5. The number of nitrogens with zero attached hydrogens (tertiary/aromatic N) is 1. The molecule has 1 heterocycles. The largest absolute Gasteiger partial charge is 0.492 e. The highest BCUT2D eigenvalue weighted by atomic mass is 32.1. The van der Waals surface area contributed by atoms with Gasteiger partial charge in [0, 0.05) is 0 Å². The van der Waals surface area contributed by atoms with Crippen molar-refractivity contribution in [2.75, 3.05) is 6.61 Å². The van der Waals surface area contributed by atoms with Gasteiger partial charge < -0.3 is 14.9 Å². The molecular weight excluding hydrogens is 454 g/mol. The number of hydrogen-bond acceptors (Lipinski definition) is 5. The van der Waals surface area contributed by atoms with E-state index in [4.69, 9.17) is 14.9 Å². The second-order valence-electron chi connectivity index (χ2n) is 7.91. The van der Waals surface area contributed by atoms with Crippen molar-refractivity contribution < 1.29 is 24.5 Å². The highest BCUT2D eigenvalue weighted by Gasteiger charge is 2.25. The lowest BCUT2D eigenvalue weighted by Gasteiger charge is -2.10. The van der Waals surface area contributed by atoms with Crippen LogP contribution in [0.5, 0.6) is 5.75 Å². The standard InChI is InChI=1S/C26H23NO6S/c28-24(29)21(25(30)31)15-18-6-9-20(10-7-18)33-13-12-27-22-11-8-19(16-23(22)34-26(27)32)14-17-4-2-1-3-5-17/h1-11,16,21H,12-15H2,(H,28,29)(H,30,31). The Labute approximate surface area is 199 Å². The lowest BCUT2D eigenvalue weighted by Crippen LogP contribution is -2.25. The molecule has 174 valence electrons. The molecule has 0 spiro atoms. The molecule has 3 aromatic carbocycles. The van der Waals surface area contributed by atoms with Gasteiger partial charge in [-0.05, 0) is 53.8 Å². The van der Waals surface area contributed by atoms with E-state index in [1.54, 1.807) is 28.8 Å². The molecule has 2 N–H and O–H groups in total. The van der Waals surface area contributed by atoms with Crippen molar-refractivity contribution in [1.29, 1.82) is 0 Å². The van der Waals surface area contributed by atoms with Gasteiger partial charge in [-0.3, -0.25) is 19.0 Å². The molecule has 0 saturated carbocycles. The molecule has 0 atom stereocenters. The third kappa shape index (κ3) is 5.52. The smallest absolute Gasteiger partial charge is 0.318 e. The molecule has 0 saturated heterocycles. The molecule has 8 heteroatoms. The summed E-state index contributed by atoms with van der Waals surface area (Å²) in [5.41, 5.74) is 3.83. The minimum atomic E-state index is -1.49. The molecule has 0 bridgehead atoms. The summed E-state index contributed by atoms with van der Waals surface area (Å²) in [5, 5.41) is 18.0. The summed E-state index contributed by atoms with van der Waals surface area (Å²) in [4.78, 5) is 34.6. The van der Waals surface area contributed by atoms with Gasteiger partial charge in [-0.25, -0.2) is 0 Å². The highest BCUT2D eigenvalue weighted by Crippen LogP contribution is 2.21. The van der Waals surface area contributed by atoms with Crippen molar-refractivity contribution in [3.05, 3.63) is 99.2 Å². The van der Waals surface area contributed by atoms with Crippen molar-refractivity contribution in [2.24, 2.45) is 5.92 Å². The van der Waals surface area contributed by atoms with Gasteiger partial charge in [-0.2, -0.15) is 0 Å². The van der Waals surface area contributed by atoms with Crippen LogP contribution in [0.15, 0.2) is 77.6 Å². The molecular formula is C26H23NO6S. The summed E-state index contributed by atoms with van der Waals surface area (Å²) in [6, 6.07) is 22.9. The Hall–Kier alpha value is -3.91. The van der Waals surface area contributed by atoms with Gasteiger partial charge in [0.15, 0.2) is 5.92 Å². The second kappa shape index (κ2) is 10.4. The third-order valence-corrected chi connectivity index (χ3v) is 6.47. The van der Waals surface area contributed by atoms with E-state index in [0.29, 0.717) is 17.9 Å². The molecule has 0 fully saturated rings. The zero-order valence-corrected chi connectivity index (χ0v) is 19.0. The second-order valence-corrected chi connectivity index (χ2v) is 8.90. The fourth-order valence-electron chi connectivity index (χ4n) is 3.76. The van der Waals surface area contributed by atoms with Gasteiger partial charge >= 0.3 is 16.8 Å². The summed E-state index contributed by atoms with van der Waals surface area (Å²) in [7, 11) is 0. The number of thiazole rings is 1. The maximum absolute atomic E-state index is 12.5. The van der Waals surface area contributed by atoms with Gasteiger partial charge in [-0.1, -0.05) is 59.9 Å². The number of aliphatic carboxylic acids is 2. The normalized spacial score (nSPS) is 11.1. The highest BCUT2D eigenvalue weighted by molar-refractivity contribution is 7.16. The predicted octanol–water partition coefficient (Wildman–Crippen LogP) is 4.06. The van der Waals surface area contributed by atoms with Gasteiger partial charge in [0.05, 0.1) is 16.8 Å². The van der Waals surface area contributed by atoms with Crippen LogP contribution in [0.4, 0.5) is 0 Å². The minimum Gasteiger partial charge on any atom is -0.492 e. The van der Waals surface area contributed by atoms with Gasteiger partial charge in [-0.15, -0.1) is 0 Å². The number of rotatable bonds is 10. The topological polar surface area (TPSA) is 106 Å². The zero-order chi connectivity index (χ0) is 24.1. The Morgan fingerprint density at radius 2 is 1.56 bits per heavy atom. The fraction of sp³-hybridized carbons (Fsp3) is 0.192. The van der Waals surface area contributed by atoms with E-state index in [2.05, 4.69) is 18.2 Å². The number of aromatic nitrogens is 1. The summed E-state index contributed by atoms with van der Waals surface area (Å²) in [6.07, 6.45) is 0.704. The molecule has 4 rings (SSSR count). The van der Waals surface area contributed by atoms with Crippen LogP contribution in [0.2, 0.25) is 0 Å². The number of carbonyl (C=O) groups is 2. The molecule has 0 aliphatic carbocycles. The first-order chi connectivity index (χ1) is 16.4. The molecule has 1 aromatic heterocycles. The number of carboxylic acids is 2. The molecule has 0 aliphatic rings.